The molecule has 0 unspecified atom stereocenters. The summed E-state index contributed by atoms with van der Waals surface area (Å²) in [7, 11) is 0. The van der Waals surface area contributed by atoms with Crippen LogP contribution in [0.4, 0.5) is 0 Å². The van der Waals surface area contributed by atoms with E-state index in [0.29, 0.717) is 31.7 Å². The van der Waals surface area contributed by atoms with Crippen molar-refractivity contribution in [2.45, 2.75) is 6.54 Å². The quantitative estimate of drug-likeness (QED) is 0.519. The monoisotopic (exact) mass is 352 g/mol. The molecule has 4 rings (SSSR count). The first-order valence-corrected chi connectivity index (χ1v) is 8.12. The smallest absolute Gasteiger partial charge is 0.202 e. The summed E-state index contributed by atoms with van der Waals surface area (Å²) in [6.45, 7) is 0.326. The zero-order chi connectivity index (χ0) is 16.8. The van der Waals surface area contributed by atoms with Gasteiger partial charge in [-0.15, -0.1) is 0 Å². The second-order valence-corrected chi connectivity index (χ2v) is 6.44. The highest BCUT2D eigenvalue weighted by Gasteiger charge is 2.17. The average Bonchev–Trinajstić information content (AvgIpc) is 2.59. The molecule has 0 radical (unpaired) electrons. The molecule has 0 atom stereocenters. The Morgan fingerprint density at radius 2 is 1.33 bits per heavy atom. The van der Waals surface area contributed by atoms with E-state index in [1.54, 1.807) is 36.7 Å². The van der Waals surface area contributed by atoms with Crippen molar-refractivity contribution in [3.63, 3.8) is 0 Å². The minimum Gasteiger partial charge on any atom is -0.494 e. The molecule has 2 N–H and O–H groups in total. The van der Waals surface area contributed by atoms with Crippen LogP contribution in [0.2, 0.25) is 0 Å². The molecule has 2 aromatic carbocycles. The second-order valence-electron chi connectivity index (χ2n) is 5.56. The molecule has 2 aromatic heterocycles. The van der Waals surface area contributed by atoms with Gasteiger partial charge in [-0.25, -0.2) is 0 Å². The van der Waals surface area contributed by atoms with Gasteiger partial charge in [0.25, 0.3) is 0 Å². The topological polar surface area (TPSA) is 58.3 Å². The number of rotatable bonds is 2. The Labute approximate surface area is 147 Å². The van der Waals surface area contributed by atoms with Crippen LogP contribution in [-0.2, 0) is 6.54 Å². The van der Waals surface area contributed by atoms with Gasteiger partial charge < -0.3 is 10.2 Å². The third-order valence-electron chi connectivity index (χ3n) is 4.17. The van der Waals surface area contributed by atoms with E-state index in [4.69, 9.17) is 24.4 Å². The molecule has 6 heteroatoms. The highest BCUT2D eigenvalue weighted by atomic mass is 32.1. The third kappa shape index (κ3) is 2.15. The highest BCUT2D eigenvalue weighted by Crippen LogP contribution is 2.40. The van der Waals surface area contributed by atoms with Crippen molar-refractivity contribution in [1.29, 1.82) is 0 Å². The predicted octanol–water partition coefficient (Wildman–Crippen LogP) is 4.55. The van der Waals surface area contributed by atoms with E-state index in [0.717, 1.165) is 10.9 Å². The summed E-state index contributed by atoms with van der Waals surface area (Å²) >= 11 is 10.8. The molecule has 0 saturated heterocycles. The SMILES string of the molecule is Oc1c2ccc(=S)c3c(=S)ccc(c(O)n1Cc1ccncc1)c23. The van der Waals surface area contributed by atoms with E-state index in [9.17, 15) is 10.2 Å². The van der Waals surface area contributed by atoms with E-state index in [-0.39, 0.29) is 11.8 Å². The average molecular weight is 352 g/mol. The molecule has 0 spiro atoms. The fraction of sp³-hybridized carbons (Fsp3) is 0.0556. The van der Waals surface area contributed by atoms with Crippen molar-refractivity contribution in [1.82, 2.24) is 9.55 Å². The van der Waals surface area contributed by atoms with Crippen LogP contribution in [0.5, 0.6) is 11.8 Å². The molecule has 2 heterocycles. The van der Waals surface area contributed by atoms with Crippen LogP contribution in [0.25, 0.3) is 21.5 Å². The molecule has 0 aliphatic heterocycles. The molecule has 0 saturated carbocycles. The maximum atomic E-state index is 10.7. The summed E-state index contributed by atoms with van der Waals surface area (Å²) in [6, 6.07) is 10.7. The molecule has 0 fully saturated rings. The fourth-order valence-corrected chi connectivity index (χ4v) is 3.64. The van der Waals surface area contributed by atoms with Crippen molar-refractivity contribution in [2.24, 2.45) is 0 Å². The minimum atomic E-state index is -0.0163. The molecule has 4 aromatic rings. The van der Waals surface area contributed by atoms with Gasteiger partial charge in [-0.05, 0) is 42.0 Å². The van der Waals surface area contributed by atoms with E-state index in [2.05, 4.69) is 4.98 Å². The molecule has 118 valence electrons. The van der Waals surface area contributed by atoms with Crippen LogP contribution >= 0.6 is 24.4 Å². The number of aromatic hydroxyl groups is 2. The Bertz CT molecular complexity index is 1120. The molecule has 24 heavy (non-hydrogen) atoms. The zero-order valence-electron chi connectivity index (χ0n) is 12.4. The summed E-state index contributed by atoms with van der Waals surface area (Å²) in [5.41, 5.74) is 0.919. The lowest BCUT2D eigenvalue weighted by Gasteiger charge is -2.17. The number of hydrogen-bond acceptors (Lipinski definition) is 5. The lowest BCUT2D eigenvalue weighted by Crippen LogP contribution is -2.03. The van der Waals surface area contributed by atoms with E-state index >= 15 is 0 Å². The van der Waals surface area contributed by atoms with Gasteiger partial charge in [0.2, 0.25) is 11.8 Å². The van der Waals surface area contributed by atoms with Gasteiger partial charge in [-0.1, -0.05) is 24.4 Å². The first-order valence-electron chi connectivity index (χ1n) is 7.30. The second kappa shape index (κ2) is 5.51. The maximum absolute atomic E-state index is 10.7. The molecule has 0 amide bonds. The highest BCUT2D eigenvalue weighted by molar-refractivity contribution is 7.72. The molecule has 0 aliphatic carbocycles. The van der Waals surface area contributed by atoms with E-state index in [1.807, 2.05) is 12.1 Å². The van der Waals surface area contributed by atoms with Crippen LogP contribution in [0.15, 0.2) is 48.8 Å². The van der Waals surface area contributed by atoms with Gasteiger partial charge in [-0.2, -0.15) is 0 Å². The van der Waals surface area contributed by atoms with Crippen LogP contribution in [0.1, 0.15) is 5.56 Å². The Morgan fingerprint density at radius 1 is 0.792 bits per heavy atom. The van der Waals surface area contributed by atoms with E-state index < -0.39 is 0 Å². The van der Waals surface area contributed by atoms with Crippen molar-refractivity contribution < 1.29 is 10.2 Å². The van der Waals surface area contributed by atoms with Crippen LogP contribution < -0.4 is 0 Å². The standard InChI is InChI=1S/C18H12N2O2S2/c21-17-11-1-3-13(23)16-14(24)4-2-12(15(11)16)18(22)20(17)9-10-5-7-19-8-6-10/h1-8,21-22H,9H2. The lowest BCUT2D eigenvalue weighted by molar-refractivity contribution is 0.374. The van der Waals surface area contributed by atoms with Gasteiger partial charge in [0.15, 0.2) is 0 Å². The Hall–Kier alpha value is -2.57. The normalized spacial score (nSPS) is 11.3. The van der Waals surface area contributed by atoms with Crippen molar-refractivity contribution in [3.8, 4) is 11.8 Å². The maximum Gasteiger partial charge on any atom is 0.202 e. The number of benzene rings is 2. The summed E-state index contributed by atoms with van der Waals surface area (Å²) in [4.78, 5) is 3.98. The molecule has 0 bridgehead atoms. The van der Waals surface area contributed by atoms with Gasteiger partial charge in [-0.3, -0.25) is 9.55 Å². The Kier molecular flexibility index (Phi) is 3.44. The first-order chi connectivity index (χ1) is 11.6. The summed E-state index contributed by atoms with van der Waals surface area (Å²) in [5, 5.41) is 24.1. The zero-order valence-corrected chi connectivity index (χ0v) is 14.1. The van der Waals surface area contributed by atoms with Crippen LogP contribution in [0.3, 0.4) is 0 Å². The van der Waals surface area contributed by atoms with Crippen molar-refractivity contribution >= 4 is 46.0 Å². The molecule has 4 nitrogen and oxygen atoms in total. The molecule has 0 aliphatic rings. The lowest BCUT2D eigenvalue weighted by atomic mass is 10.0. The number of hydrogen-bond donors (Lipinski definition) is 2. The van der Waals surface area contributed by atoms with Crippen molar-refractivity contribution in [2.75, 3.05) is 0 Å². The van der Waals surface area contributed by atoms with Crippen LogP contribution in [0, 0.1) is 9.02 Å². The van der Waals surface area contributed by atoms with Crippen LogP contribution in [-0.4, -0.2) is 19.8 Å². The number of pyridine rings is 2. The van der Waals surface area contributed by atoms with Crippen molar-refractivity contribution in [3.05, 3.63) is 63.4 Å². The summed E-state index contributed by atoms with van der Waals surface area (Å²) in [5.74, 6) is -0.0326. The van der Waals surface area contributed by atoms with Gasteiger partial charge >= 0.3 is 0 Å². The molecular weight excluding hydrogens is 340 g/mol. The van der Waals surface area contributed by atoms with Gasteiger partial charge in [0.1, 0.15) is 0 Å². The predicted molar refractivity (Wildman–Crippen MR) is 99.0 cm³/mol. The fourth-order valence-electron chi connectivity index (χ4n) is 3.02. The third-order valence-corrected chi connectivity index (χ3v) is 4.85. The summed E-state index contributed by atoms with van der Waals surface area (Å²) in [6.07, 6.45) is 3.35. The Balaban J connectivity index is 2.11. The van der Waals surface area contributed by atoms with E-state index in [1.165, 1.54) is 4.57 Å². The summed E-state index contributed by atoms with van der Waals surface area (Å²) < 4.78 is 2.70. The van der Waals surface area contributed by atoms with Gasteiger partial charge in [0, 0.05) is 43.0 Å². The largest absolute Gasteiger partial charge is 0.494 e. The Morgan fingerprint density at radius 3 is 1.88 bits per heavy atom. The number of nitrogens with zero attached hydrogens (tertiary/aromatic N) is 2. The van der Waals surface area contributed by atoms with Gasteiger partial charge in [0.05, 0.1) is 6.54 Å². The minimum absolute atomic E-state index is 0.0163. The number of aromatic nitrogens is 2. The first kappa shape index (κ1) is 15.0. The molecular formula is C18H12N2O2S2.